The van der Waals surface area contributed by atoms with Crippen molar-refractivity contribution in [3.63, 3.8) is 0 Å². The molecular formula is C15H18FN3. The fraction of sp³-hybridized carbons (Fsp3) is 0.400. The Balaban J connectivity index is 1.74. The van der Waals surface area contributed by atoms with E-state index in [1.165, 1.54) is 37.8 Å². The highest BCUT2D eigenvalue weighted by Gasteiger charge is 2.15. The Kier molecular flexibility index (Phi) is 3.60. The lowest BCUT2D eigenvalue weighted by molar-refractivity contribution is 0.524. The zero-order chi connectivity index (χ0) is 13.1. The van der Waals surface area contributed by atoms with Gasteiger partial charge in [-0.1, -0.05) is 25.0 Å². The first kappa shape index (κ1) is 12.4. The topological polar surface area (TPSA) is 40.7 Å². The van der Waals surface area contributed by atoms with Crippen molar-refractivity contribution in [2.75, 3.05) is 0 Å². The fourth-order valence-corrected chi connectivity index (χ4v) is 2.72. The van der Waals surface area contributed by atoms with Gasteiger partial charge in [0.1, 0.15) is 5.82 Å². The summed E-state index contributed by atoms with van der Waals surface area (Å²) in [5.41, 5.74) is 2.85. The number of aromatic amines is 1. The Bertz CT molecular complexity index is 544. The molecule has 3 nitrogen and oxygen atoms in total. The minimum Gasteiger partial charge on any atom is -0.310 e. The van der Waals surface area contributed by atoms with E-state index >= 15 is 0 Å². The van der Waals surface area contributed by atoms with Gasteiger partial charge in [-0.3, -0.25) is 5.10 Å². The minimum atomic E-state index is -0.221. The van der Waals surface area contributed by atoms with Crippen LogP contribution in [0.5, 0.6) is 0 Å². The van der Waals surface area contributed by atoms with Gasteiger partial charge in [0.15, 0.2) is 0 Å². The third kappa shape index (κ3) is 2.84. The van der Waals surface area contributed by atoms with Crippen LogP contribution in [0.25, 0.3) is 11.3 Å². The molecule has 0 radical (unpaired) electrons. The van der Waals surface area contributed by atoms with Gasteiger partial charge < -0.3 is 5.32 Å². The second-order valence-electron chi connectivity index (χ2n) is 5.14. The smallest absolute Gasteiger partial charge is 0.123 e. The van der Waals surface area contributed by atoms with Crippen molar-refractivity contribution in [1.29, 1.82) is 0 Å². The molecule has 1 aliphatic rings. The molecular weight excluding hydrogens is 241 g/mol. The Morgan fingerprint density at radius 1 is 1.32 bits per heavy atom. The molecule has 2 aromatic rings. The fourth-order valence-electron chi connectivity index (χ4n) is 2.72. The number of H-pyrrole nitrogens is 1. The predicted molar refractivity (Wildman–Crippen MR) is 73.1 cm³/mol. The maximum atomic E-state index is 13.3. The summed E-state index contributed by atoms with van der Waals surface area (Å²) >= 11 is 0. The van der Waals surface area contributed by atoms with Crippen LogP contribution in [0.3, 0.4) is 0 Å². The standard InChI is InChI=1S/C15H18FN3/c16-13-5-3-4-11(8-13)15-12(10-18-19-15)9-17-14-6-1-2-7-14/h3-5,8,10,14,17H,1-2,6-7,9H2,(H,18,19). The van der Waals surface area contributed by atoms with Crippen LogP contribution in [0, 0.1) is 5.82 Å². The van der Waals surface area contributed by atoms with Gasteiger partial charge in [-0.2, -0.15) is 5.10 Å². The summed E-state index contributed by atoms with van der Waals surface area (Å²) in [6.07, 6.45) is 6.97. The molecule has 1 fully saturated rings. The Morgan fingerprint density at radius 2 is 2.16 bits per heavy atom. The average Bonchev–Trinajstić information content (AvgIpc) is 3.08. The summed E-state index contributed by atoms with van der Waals surface area (Å²) in [6.45, 7) is 0.785. The summed E-state index contributed by atoms with van der Waals surface area (Å²) < 4.78 is 13.3. The van der Waals surface area contributed by atoms with Gasteiger partial charge in [0, 0.05) is 23.7 Å². The number of benzene rings is 1. The normalized spacial score (nSPS) is 16.1. The molecule has 3 rings (SSSR count). The number of halogens is 1. The van der Waals surface area contributed by atoms with Crippen molar-refractivity contribution in [2.45, 2.75) is 38.3 Å². The third-order valence-corrected chi connectivity index (χ3v) is 3.77. The molecule has 1 aliphatic carbocycles. The van der Waals surface area contributed by atoms with E-state index in [4.69, 9.17) is 0 Å². The first-order valence-electron chi connectivity index (χ1n) is 6.84. The maximum absolute atomic E-state index is 13.3. The van der Waals surface area contributed by atoms with Gasteiger partial charge in [-0.25, -0.2) is 4.39 Å². The molecule has 0 spiro atoms. The van der Waals surface area contributed by atoms with E-state index in [-0.39, 0.29) is 5.82 Å². The number of nitrogens with zero attached hydrogens (tertiary/aromatic N) is 1. The molecule has 1 aromatic carbocycles. The second kappa shape index (κ2) is 5.53. The van der Waals surface area contributed by atoms with Crippen LogP contribution in [0.15, 0.2) is 30.5 Å². The van der Waals surface area contributed by atoms with Crippen molar-refractivity contribution < 1.29 is 4.39 Å². The van der Waals surface area contributed by atoms with Gasteiger partial charge in [0.05, 0.1) is 11.9 Å². The molecule has 100 valence electrons. The summed E-state index contributed by atoms with van der Waals surface area (Å²) in [5, 5.41) is 10.6. The molecule has 2 N–H and O–H groups in total. The number of hydrogen-bond acceptors (Lipinski definition) is 2. The Labute approximate surface area is 112 Å². The highest BCUT2D eigenvalue weighted by Crippen LogP contribution is 2.23. The summed E-state index contributed by atoms with van der Waals surface area (Å²) in [6, 6.07) is 7.23. The third-order valence-electron chi connectivity index (χ3n) is 3.77. The summed E-state index contributed by atoms with van der Waals surface area (Å²) in [7, 11) is 0. The molecule has 4 heteroatoms. The van der Waals surface area contributed by atoms with E-state index < -0.39 is 0 Å². The lowest BCUT2D eigenvalue weighted by atomic mass is 10.1. The van der Waals surface area contributed by atoms with E-state index in [1.54, 1.807) is 6.07 Å². The van der Waals surface area contributed by atoms with Crippen LogP contribution >= 0.6 is 0 Å². The molecule has 0 aliphatic heterocycles. The van der Waals surface area contributed by atoms with E-state index in [2.05, 4.69) is 15.5 Å². The largest absolute Gasteiger partial charge is 0.310 e. The lowest BCUT2D eigenvalue weighted by Crippen LogP contribution is -2.25. The lowest BCUT2D eigenvalue weighted by Gasteiger charge is -2.11. The molecule has 1 heterocycles. The number of rotatable bonds is 4. The zero-order valence-electron chi connectivity index (χ0n) is 10.8. The minimum absolute atomic E-state index is 0.221. The number of hydrogen-bond donors (Lipinski definition) is 2. The van der Waals surface area contributed by atoms with Crippen LogP contribution < -0.4 is 5.32 Å². The molecule has 19 heavy (non-hydrogen) atoms. The number of nitrogens with one attached hydrogen (secondary N) is 2. The van der Waals surface area contributed by atoms with Crippen LogP contribution in [0.2, 0.25) is 0 Å². The van der Waals surface area contributed by atoms with Crippen molar-refractivity contribution >= 4 is 0 Å². The van der Waals surface area contributed by atoms with E-state index in [0.717, 1.165) is 23.4 Å². The average molecular weight is 259 g/mol. The monoisotopic (exact) mass is 259 g/mol. The van der Waals surface area contributed by atoms with Gasteiger partial charge >= 0.3 is 0 Å². The van der Waals surface area contributed by atoms with Gasteiger partial charge in [0.25, 0.3) is 0 Å². The van der Waals surface area contributed by atoms with E-state index in [9.17, 15) is 4.39 Å². The van der Waals surface area contributed by atoms with E-state index in [1.807, 2.05) is 12.3 Å². The second-order valence-corrected chi connectivity index (χ2v) is 5.14. The molecule has 0 atom stereocenters. The van der Waals surface area contributed by atoms with E-state index in [0.29, 0.717) is 6.04 Å². The van der Waals surface area contributed by atoms with Gasteiger partial charge in [0.2, 0.25) is 0 Å². The summed E-state index contributed by atoms with van der Waals surface area (Å²) in [4.78, 5) is 0. The van der Waals surface area contributed by atoms with Crippen LogP contribution in [-0.2, 0) is 6.54 Å². The van der Waals surface area contributed by atoms with Crippen LogP contribution in [0.4, 0.5) is 4.39 Å². The first-order chi connectivity index (χ1) is 9.33. The Hall–Kier alpha value is -1.68. The van der Waals surface area contributed by atoms with Crippen molar-refractivity contribution in [3.8, 4) is 11.3 Å². The maximum Gasteiger partial charge on any atom is 0.123 e. The molecule has 0 amide bonds. The molecule has 0 saturated heterocycles. The zero-order valence-corrected chi connectivity index (χ0v) is 10.8. The van der Waals surface area contributed by atoms with Crippen LogP contribution in [-0.4, -0.2) is 16.2 Å². The van der Waals surface area contributed by atoms with Gasteiger partial charge in [-0.15, -0.1) is 0 Å². The van der Waals surface area contributed by atoms with Gasteiger partial charge in [-0.05, 0) is 25.0 Å². The SMILES string of the molecule is Fc1cccc(-c2[nH]ncc2CNC2CCCC2)c1. The highest BCUT2D eigenvalue weighted by atomic mass is 19.1. The molecule has 1 aromatic heterocycles. The molecule has 0 unspecified atom stereocenters. The molecule has 0 bridgehead atoms. The molecule has 1 saturated carbocycles. The van der Waals surface area contributed by atoms with Crippen molar-refractivity contribution in [1.82, 2.24) is 15.5 Å². The Morgan fingerprint density at radius 3 is 2.95 bits per heavy atom. The quantitative estimate of drug-likeness (QED) is 0.885. The van der Waals surface area contributed by atoms with Crippen LogP contribution in [0.1, 0.15) is 31.2 Å². The number of aromatic nitrogens is 2. The van der Waals surface area contributed by atoms with Crippen molar-refractivity contribution in [3.05, 3.63) is 41.8 Å². The highest BCUT2D eigenvalue weighted by molar-refractivity contribution is 5.62. The summed E-state index contributed by atoms with van der Waals surface area (Å²) in [5.74, 6) is -0.221. The van der Waals surface area contributed by atoms with Crippen molar-refractivity contribution in [2.24, 2.45) is 0 Å². The predicted octanol–water partition coefficient (Wildman–Crippen LogP) is 3.25. The first-order valence-corrected chi connectivity index (χ1v) is 6.84.